The number of likely N-dealkylation sites (tertiary alicyclic amines) is 1. The Morgan fingerprint density at radius 2 is 1.88 bits per heavy atom. The van der Waals surface area contributed by atoms with Crippen LogP contribution in [-0.4, -0.2) is 46.1 Å². The van der Waals surface area contributed by atoms with Crippen molar-refractivity contribution in [2.45, 2.75) is 57.8 Å². The fraction of sp³-hybridized carbons (Fsp3) is 0.619. The molecule has 1 atom stereocenters. The van der Waals surface area contributed by atoms with E-state index in [1.54, 1.807) is 7.11 Å². The Labute approximate surface area is 155 Å². The summed E-state index contributed by atoms with van der Waals surface area (Å²) < 4.78 is 11.7. The molecule has 0 N–H and O–H groups in total. The van der Waals surface area contributed by atoms with Crippen molar-refractivity contribution in [1.82, 2.24) is 4.90 Å². The first kappa shape index (κ1) is 20.2. The van der Waals surface area contributed by atoms with Gasteiger partial charge in [0.25, 0.3) is 0 Å². The Morgan fingerprint density at radius 1 is 1.20 bits per heavy atom. The molecule has 1 aliphatic rings. The van der Waals surface area contributed by atoms with Gasteiger partial charge in [0.05, 0.1) is 7.11 Å². The second kappa shape index (κ2) is 8.52. The zero-order chi connectivity index (χ0) is 18.5. The van der Waals surface area contributed by atoms with E-state index in [4.69, 9.17) is 9.16 Å². The molecule has 0 spiro atoms. The highest BCUT2D eigenvalue weighted by atomic mass is 28.4. The van der Waals surface area contributed by atoms with Crippen LogP contribution in [0.15, 0.2) is 30.3 Å². The van der Waals surface area contributed by atoms with Gasteiger partial charge in [0.1, 0.15) is 5.75 Å². The van der Waals surface area contributed by atoms with E-state index in [1.165, 1.54) is 24.9 Å². The Balaban J connectivity index is 1.85. The van der Waals surface area contributed by atoms with Gasteiger partial charge in [-0.05, 0) is 55.2 Å². The third kappa shape index (κ3) is 5.70. The molecule has 2 rings (SSSR count). The molecular formula is C21H35NO2Si. The molecule has 140 valence electrons. The number of hydrogen-bond acceptors (Lipinski definition) is 3. The summed E-state index contributed by atoms with van der Waals surface area (Å²) in [4.78, 5) is 2.56. The van der Waals surface area contributed by atoms with Gasteiger partial charge < -0.3 is 9.16 Å². The number of nitrogens with zero attached hydrogens (tertiary/aromatic N) is 1. The lowest BCUT2D eigenvalue weighted by Crippen LogP contribution is -2.44. The van der Waals surface area contributed by atoms with Crippen molar-refractivity contribution in [3.8, 4) is 5.75 Å². The Kier molecular flexibility index (Phi) is 6.89. The van der Waals surface area contributed by atoms with Crippen LogP contribution in [0.4, 0.5) is 0 Å². The molecule has 1 saturated heterocycles. The van der Waals surface area contributed by atoms with E-state index >= 15 is 0 Å². The second-order valence-corrected chi connectivity index (χ2v) is 13.3. The number of rotatable bonds is 7. The maximum Gasteiger partial charge on any atom is 0.192 e. The number of hydrogen-bond donors (Lipinski definition) is 0. The Morgan fingerprint density at radius 3 is 2.48 bits per heavy atom. The zero-order valence-corrected chi connectivity index (χ0v) is 17.8. The quantitative estimate of drug-likeness (QED) is 0.623. The molecule has 0 saturated carbocycles. The lowest BCUT2D eigenvalue weighted by atomic mass is 10.2. The minimum atomic E-state index is -1.65. The lowest BCUT2D eigenvalue weighted by molar-refractivity contribution is 0.173. The highest BCUT2D eigenvalue weighted by Gasteiger charge is 2.38. The molecule has 25 heavy (non-hydrogen) atoms. The maximum absolute atomic E-state index is 6.46. The fourth-order valence-electron chi connectivity index (χ4n) is 2.88. The number of methoxy groups -OCH3 is 1. The van der Waals surface area contributed by atoms with Crippen LogP contribution in [-0.2, 0) is 4.43 Å². The van der Waals surface area contributed by atoms with E-state index in [1.807, 2.05) is 12.1 Å². The van der Waals surface area contributed by atoms with E-state index < -0.39 is 8.32 Å². The summed E-state index contributed by atoms with van der Waals surface area (Å²) in [5.41, 5.74) is 1.22. The van der Waals surface area contributed by atoms with Gasteiger partial charge in [-0.2, -0.15) is 0 Å². The molecule has 0 aliphatic carbocycles. The number of benzene rings is 1. The lowest BCUT2D eigenvalue weighted by Gasteiger charge is -2.38. The normalized spacial score (nSPS) is 19.7. The predicted octanol–water partition coefficient (Wildman–Crippen LogP) is 5.19. The van der Waals surface area contributed by atoms with Crippen molar-refractivity contribution in [3.05, 3.63) is 35.9 Å². The van der Waals surface area contributed by atoms with Crippen LogP contribution in [0, 0.1) is 0 Å². The topological polar surface area (TPSA) is 21.7 Å². The van der Waals surface area contributed by atoms with E-state index in [2.05, 4.69) is 63.0 Å². The molecule has 1 fully saturated rings. The minimum absolute atomic E-state index is 0.282. The zero-order valence-electron chi connectivity index (χ0n) is 16.8. The van der Waals surface area contributed by atoms with Gasteiger partial charge in [0.2, 0.25) is 0 Å². The monoisotopic (exact) mass is 361 g/mol. The molecule has 0 unspecified atom stereocenters. The summed E-state index contributed by atoms with van der Waals surface area (Å²) >= 11 is 0. The first-order valence-electron chi connectivity index (χ1n) is 9.41. The molecule has 1 heterocycles. The third-order valence-corrected chi connectivity index (χ3v) is 10.2. The summed E-state index contributed by atoms with van der Waals surface area (Å²) in [5, 5.41) is 0.282. The average molecular weight is 362 g/mol. The van der Waals surface area contributed by atoms with Crippen molar-refractivity contribution in [2.75, 3.05) is 26.8 Å². The SMILES string of the molecule is COc1ccc(/C=C/CN2CCC[C@H]2CO[Si](C)(C)C(C)(C)C)cc1. The molecule has 0 aromatic heterocycles. The standard InChI is InChI=1S/C21H35NO2Si/c1-21(2,3)25(5,6)24-17-19-10-8-16-22(19)15-7-9-18-11-13-20(23-4)14-12-18/h7,9,11-14,19H,8,10,15-17H2,1-6H3/b9-7+/t19-/m0/s1. The van der Waals surface area contributed by atoms with Gasteiger partial charge in [-0.25, -0.2) is 0 Å². The van der Waals surface area contributed by atoms with Crippen molar-refractivity contribution in [3.63, 3.8) is 0 Å². The van der Waals surface area contributed by atoms with Crippen molar-refractivity contribution < 1.29 is 9.16 Å². The van der Waals surface area contributed by atoms with Crippen LogP contribution in [0.25, 0.3) is 6.08 Å². The van der Waals surface area contributed by atoms with E-state index in [9.17, 15) is 0 Å². The van der Waals surface area contributed by atoms with Crippen molar-refractivity contribution >= 4 is 14.4 Å². The first-order valence-corrected chi connectivity index (χ1v) is 12.3. The third-order valence-electron chi connectivity index (χ3n) is 5.71. The molecule has 3 nitrogen and oxygen atoms in total. The van der Waals surface area contributed by atoms with E-state index in [0.29, 0.717) is 6.04 Å². The Hall–Kier alpha value is -1.10. The molecule has 0 amide bonds. The van der Waals surface area contributed by atoms with Crippen LogP contribution < -0.4 is 4.74 Å². The highest BCUT2D eigenvalue weighted by Crippen LogP contribution is 2.37. The molecule has 1 aliphatic heterocycles. The van der Waals surface area contributed by atoms with Crippen LogP contribution in [0.2, 0.25) is 18.1 Å². The minimum Gasteiger partial charge on any atom is -0.497 e. The predicted molar refractivity (Wildman–Crippen MR) is 110 cm³/mol. The van der Waals surface area contributed by atoms with E-state index in [-0.39, 0.29) is 5.04 Å². The highest BCUT2D eigenvalue weighted by molar-refractivity contribution is 6.74. The maximum atomic E-state index is 6.46. The summed E-state index contributed by atoms with van der Waals surface area (Å²) in [6.07, 6.45) is 7.00. The average Bonchev–Trinajstić information content (AvgIpc) is 3.00. The Bertz CT molecular complexity index is 560. The molecule has 0 radical (unpaired) electrons. The van der Waals surface area contributed by atoms with Gasteiger partial charge >= 0.3 is 0 Å². The summed E-state index contributed by atoms with van der Waals surface area (Å²) in [6, 6.07) is 8.76. The van der Waals surface area contributed by atoms with Crippen LogP contribution in [0.3, 0.4) is 0 Å². The fourth-order valence-corrected chi connectivity index (χ4v) is 3.93. The summed E-state index contributed by atoms with van der Waals surface area (Å²) in [6.45, 7) is 14.7. The molecule has 0 bridgehead atoms. The first-order chi connectivity index (χ1) is 11.7. The second-order valence-electron chi connectivity index (χ2n) is 8.54. The van der Waals surface area contributed by atoms with Crippen molar-refractivity contribution in [2.24, 2.45) is 0 Å². The smallest absolute Gasteiger partial charge is 0.192 e. The van der Waals surface area contributed by atoms with Gasteiger partial charge in [-0.15, -0.1) is 0 Å². The molecule has 1 aromatic carbocycles. The summed E-state index contributed by atoms with van der Waals surface area (Å²) in [5.74, 6) is 0.902. The molecule has 4 heteroatoms. The van der Waals surface area contributed by atoms with Gasteiger partial charge in [-0.3, -0.25) is 4.90 Å². The van der Waals surface area contributed by atoms with Crippen molar-refractivity contribution in [1.29, 1.82) is 0 Å². The van der Waals surface area contributed by atoms with Gasteiger partial charge in [0.15, 0.2) is 8.32 Å². The molecular weight excluding hydrogens is 326 g/mol. The van der Waals surface area contributed by atoms with Crippen LogP contribution in [0.1, 0.15) is 39.2 Å². The molecule has 1 aromatic rings. The summed E-state index contributed by atoms with van der Waals surface area (Å²) in [7, 11) is 0.0471. The van der Waals surface area contributed by atoms with Gasteiger partial charge in [0, 0.05) is 19.2 Å². The number of ether oxygens (including phenoxy) is 1. The van der Waals surface area contributed by atoms with Crippen LogP contribution >= 0.6 is 0 Å². The van der Waals surface area contributed by atoms with Gasteiger partial charge in [-0.1, -0.05) is 45.1 Å². The van der Waals surface area contributed by atoms with E-state index in [0.717, 1.165) is 18.9 Å². The van der Waals surface area contributed by atoms with Crippen LogP contribution in [0.5, 0.6) is 5.75 Å². The largest absolute Gasteiger partial charge is 0.497 e.